The van der Waals surface area contributed by atoms with Gasteiger partial charge in [-0.1, -0.05) is 0 Å². The Morgan fingerprint density at radius 1 is 1.17 bits per heavy atom. The van der Waals surface area contributed by atoms with Gasteiger partial charge >= 0.3 is 0 Å². The first-order chi connectivity index (χ1) is 8.63. The van der Waals surface area contributed by atoms with Crippen LogP contribution >= 0.6 is 0 Å². The van der Waals surface area contributed by atoms with Crippen LogP contribution in [0.25, 0.3) is 0 Å². The van der Waals surface area contributed by atoms with Gasteiger partial charge in [-0.15, -0.1) is 0 Å². The predicted octanol–water partition coefficient (Wildman–Crippen LogP) is 1.99. The van der Waals surface area contributed by atoms with Crippen molar-refractivity contribution < 1.29 is 8.78 Å². The number of anilines is 2. The topological polar surface area (TPSA) is 63.8 Å². The summed E-state index contributed by atoms with van der Waals surface area (Å²) in [4.78, 5) is 7.90. The molecule has 94 valence electrons. The summed E-state index contributed by atoms with van der Waals surface area (Å²) in [5.74, 6) is -0.397. The monoisotopic (exact) mass is 250 g/mol. The smallest absolute Gasteiger partial charge is 0.224 e. The van der Waals surface area contributed by atoms with Crippen molar-refractivity contribution in [3.05, 3.63) is 47.7 Å². The highest BCUT2D eigenvalue weighted by molar-refractivity contribution is 5.35. The van der Waals surface area contributed by atoms with Gasteiger partial charge < -0.3 is 11.1 Å². The van der Waals surface area contributed by atoms with Gasteiger partial charge in [-0.2, -0.15) is 4.98 Å². The molecule has 0 aliphatic rings. The molecular formula is C12H12F2N4. The molecule has 1 heterocycles. The fourth-order valence-electron chi connectivity index (χ4n) is 1.53. The maximum Gasteiger partial charge on any atom is 0.224 e. The van der Waals surface area contributed by atoms with Gasteiger partial charge in [0.05, 0.1) is 0 Å². The lowest BCUT2D eigenvalue weighted by Crippen LogP contribution is -2.09. The Hall–Kier alpha value is -2.24. The lowest BCUT2D eigenvalue weighted by atomic mass is 10.1. The summed E-state index contributed by atoms with van der Waals surface area (Å²) in [6, 6.07) is 5.01. The highest BCUT2D eigenvalue weighted by Gasteiger charge is 2.01. The number of rotatable bonds is 4. The van der Waals surface area contributed by atoms with Crippen LogP contribution in [0, 0.1) is 11.6 Å². The van der Waals surface area contributed by atoms with Gasteiger partial charge in [-0.3, -0.25) is 0 Å². The summed E-state index contributed by atoms with van der Waals surface area (Å²) in [5.41, 5.74) is 6.06. The molecule has 2 aromatic rings. The van der Waals surface area contributed by atoms with E-state index in [0.29, 0.717) is 30.3 Å². The maximum atomic E-state index is 12.9. The van der Waals surface area contributed by atoms with Crippen LogP contribution in [-0.2, 0) is 6.42 Å². The summed E-state index contributed by atoms with van der Waals surface area (Å²) in [7, 11) is 0. The average Bonchev–Trinajstić information content (AvgIpc) is 2.27. The Bertz CT molecular complexity index is 525. The van der Waals surface area contributed by atoms with Crippen LogP contribution in [0.5, 0.6) is 0 Å². The van der Waals surface area contributed by atoms with Crippen molar-refractivity contribution >= 4 is 11.8 Å². The minimum absolute atomic E-state index is 0.365. The Balaban J connectivity index is 1.92. The van der Waals surface area contributed by atoms with Gasteiger partial charge in [0.1, 0.15) is 17.5 Å². The third kappa shape index (κ3) is 3.38. The number of nitrogens with two attached hydrogens (primary N) is 1. The molecule has 0 fully saturated rings. The molecule has 0 aliphatic heterocycles. The number of nitrogens with zero attached hydrogens (tertiary/aromatic N) is 2. The van der Waals surface area contributed by atoms with Crippen molar-refractivity contribution in [1.29, 1.82) is 0 Å². The molecule has 1 aromatic heterocycles. The molecule has 1 aromatic carbocycles. The molecule has 0 saturated heterocycles. The van der Waals surface area contributed by atoms with E-state index in [2.05, 4.69) is 15.3 Å². The molecule has 0 unspecified atom stereocenters. The van der Waals surface area contributed by atoms with Crippen LogP contribution in [-0.4, -0.2) is 16.5 Å². The van der Waals surface area contributed by atoms with E-state index in [1.165, 1.54) is 18.3 Å². The molecule has 4 nitrogen and oxygen atoms in total. The van der Waals surface area contributed by atoms with Crippen LogP contribution in [0.15, 0.2) is 30.5 Å². The fourth-order valence-corrected chi connectivity index (χ4v) is 1.53. The molecule has 2 rings (SSSR count). The Labute approximate surface area is 103 Å². The van der Waals surface area contributed by atoms with Crippen molar-refractivity contribution in [1.82, 2.24) is 9.97 Å². The van der Waals surface area contributed by atoms with E-state index < -0.39 is 11.6 Å². The zero-order valence-electron chi connectivity index (χ0n) is 9.53. The zero-order valence-corrected chi connectivity index (χ0v) is 9.53. The Kier molecular flexibility index (Phi) is 3.66. The molecule has 0 amide bonds. The van der Waals surface area contributed by atoms with Crippen molar-refractivity contribution in [3.8, 4) is 0 Å². The van der Waals surface area contributed by atoms with Gasteiger partial charge in [-0.05, 0) is 30.2 Å². The first-order valence-corrected chi connectivity index (χ1v) is 5.41. The zero-order chi connectivity index (χ0) is 13.0. The highest BCUT2D eigenvalue weighted by atomic mass is 19.1. The van der Waals surface area contributed by atoms with Crippen molar-refractivity contribution in [2.45, 2.75) is 6.42 Å². The van der Waals surface area contributed by atoms with Crippen LogP contribution in [0.3, 0.4) is 0 Å². The number of nitrogens with one attached hydrogen (secondary N) is 1. The first kappa shape index (κ1) is 12.2. The molecule has 0 atom stereocenters. The SMILES string of the molecule is Nc1ccnc(NCCc2cc(F)cc(F)c2)n1. The van der Waals surface area contributed by atoms with E-state index in [4.69, 9.17) is 5.73 Å². The van der Waals surface area contributed by atoms with Gasteiger partial charge in [0.25, 0.3) is 0 Å². The third-order valence-corrected chi connectivity index (χ3v) is 2.30. The lowest BCUT2D eigenvalue weighted by Gasteiger charge is -2.05. The second-order valence-electron chi connectivity index (χ2n) is 3.76. The molecule has 0 saturated carbocycles. The number of aromatic nitrogens is 2. The van der Waals surface area contributed by atoms with Crippen molar-refractivity contribution in [2.24, 2.45) is 0 Å². The van der Waals surface area contributed by atoms with Gasteiger partial charge in [0.15, 0.2) is 0 Å². The first-order valence-electron chi connectivity index (χ1n) is 5.41. The quantitative estimate of drug-likeness (QED) is 0.871. The second-order valence-corrected chi connectivity index (χ2v) is 3.76. The number of hydrogen-bond donors (Lipinski definition) is 2. The summed E-state index contributed by atoms with van der Waals surface area (Å²) < 4.78 is 25.9. The molecule has 6 heteroatoms. The van der Waals surface area contributed by atoms with Gasteiger partial charge in [0, 0.05) is 18.8 Å². The fraction of sp³-hybridized carbons (Fsp3) is 0.167. The molecule has 0 radical (unpaired) electrons. The van der Waals surface area contributed by atoms with Gasteiger partial charge in [0.2, 0.25) is 5.95 Å². The maximum absolute atomic E-state index is 12.9. The van der Waals surface area contributed by atoms with E-state index in [1.807, 2.05) is 0 Å². The molecule has 0 aliphatic carbocycles. The molecule has 0 bridgehead atoms. The van der Waals surface area contributed by atoms with E-state index in [1.54, 1.807) is 6.07 Å². The van der Waals surface area contributed by atoms with E-state index >= 15 is 0 Å². The summed E-state index contributed by atoms with van der Waals surface area (Å²) >= 11 is 0. The molecule has 18 heavy (non-hydrogen) atoms. The largest absolute Gasteiger partial charge is 0.384 e. The molecular weight excluding hydrogens is 238 g/mol. The van der Waals surface area contributed by atoms with E-state index in [9.17, 15) is 8.78 Å². The second kappa shape index (κ2) is 5.39. The standard InChI is InChI=1S/C12H12F2N4/c13-9-5-8(6-10(14)7-9)1-3-16-12-17-4-2-11(15)18-12/h2,4-7H,1,3H2,(H3,15,16,17,18). The van der Waals surface area contributed by atoms with Gasteiger partial charge in [-0.25, -0.2) is 13.8 Å². The molecule has 3 N–H and O–H groups in total. The van der Waals surface area contributed by atoms with E-state index in [-0.39, 0.29) is 0 Å². The number of hydrogen-bond acceptors (Lipinski definition) is 4. The third-order valence-electron chi connectivity index (χ3n) is 2.30. The predicted molar refractivity (Wildman–Crippen MR) is 65.0 cm³/mol. The Morgan fingerprint density at radius 2 is 1.89 bits per heavy atom. The van der Waals surface area contributed by atoms with Crippen LogP contribution in [0.4, 0.5) is 20.5 Å². The minimum atomic E-state index is -0.579. The lowest BCUT2D eigenvalue weighted by molar-refractivity contribution is 0.580. The van der Waals surface area contributed by atoms with Crippen molar-refractivity contribution in [2.75, 3.05) is 17.6 Å². The number of benzene rings is 1. The summed E-state index contributed by atoms with van der Waals surface area (Å²) in [6.07, 6.45) is 2.00. The van der Waals surface area contributed by atoms with Crippen LogP contribution in [0.1, 0.15) is 5.56 Å². The summed E-state index contributed by atoms with van der Waals surface area (Å²) in [5, 5.41) is 2.93. The average molecular weight is 250 g/mol. The number of halogens is 2. The van der Waals surface area contributed by atoms with Crippen LogP contribution < -0.4 is 11.1 Å². The highest BCUT2D eigenvalue weighted by Crippen LogP contribution is 2.09. The summed E-state index contributed by atoms with van der Waals surface area (Å²) in [6.45, 7) is 0.465. The molecule has 0 spiro atoms. The van der Waals surface area contributed by atoms with Crippen molar-refractivity contribution in [3.63, 3.8) is 0 Å². The number of nitrogen functional groups attached to an aromatic ring is 1. The normalized spacial score (nSPS) is 10.3. The minimum Gasteiger partial charge on any atom is -0.384 e. The van der Waals surface area contributed by atoms with E-state index in [0.717, 1.165) is 6.07 Å². The van der Waals surface area contributed by atoms with Crippen LogP contribution in [0.2, 0.25) is 0 Å². The Morgan fingerprint density at radius 3 is 2.56 bits per heavy atom.